The monoisotopic (exact) mass is 296 g/mol. The molecule has 110 valence electrons. The molecular weight excluding hydrogens is 280 g/mol. The van der Waals surface area contributed by atoms with Gasteiger partial charge in [-0.05, 0) is 28.8 Å². The van der Waals surface area contributed by atoms with Crippen LogP contribution in [-0.2, 0) is 0 Å². The summed E-state index contributed by atoms with van der Waals surface area (Å²) >= 11 is 0. The highest BCUT2D eigenvalue weighted by Crippen LogP contribution is 2.25. The average molecular weight is 296 g/mol. The van der Waals surface area contributed by atoms with Crippen LogP contribution in [-0.4, -0.2) is 9.78 Å². The molecule has 0 saturated carbocycles. The van der Waals surface area contributed by atoms with E-state index in [1.807, 2.05) is 35.1 Å². The molecule has 1 aromatic heterocycles. The van der Waals surface area contributed by atoms with Gasteiger partial charge in [-0.3, -0.25) is 0 Å². The summed E-state index contributed by atoms with van der Waals surface area (Å²) in [5.74, 6) is 0. The van der Waals surface area contributed by atoms with Crippen molar-refractivity contribution in [3.05, 3.63) is 97.3 Å². The number of hydrogen-bond acceptors (Lipinski definition) is 1. The van der Waals surface area contributed by atoms with Crippen molar-refractivity contribution in [2.45, 2.75) is 0 Å². The summed E-state index contributed by atoms with van der Waals surface area (Å²) in [4.78, 5) is 0. The molecule has 0 saturated heterocycles. The van der Waals surface area contributed by atoms with Crippen molar-refractivity contribution in [2.75, 3.05) is 0 Å². The minimum atomic E-state index is 1.07. The first-order chi connectivity index (χ1) is 11.4. The smallest absolute Gasteiger partial charge is 0.0645 e. The zero-order chi connectivity index (χ0) is 15.5. The van der Waals surface area contributed by atoms with E-state index in [0.717, 1.165) is 11.3 Å². The molecule has 2 heteroatoms. The van der Waals surface area contributed by atoms with Crippen LogP contribution in [0.4, 0.5) is 0 Å². The molecule has 0 aliphatic carbocycles. The van der Waals surface area contributed by atoms with Crippen LogP contribution < -0.4 is 0 Å². The van der Waals surface area contributed by atoms with E-state index in [0.29, 0.717) is 0 Å². The lowest BCUT2D eigenvalue weighted by Crippen LogP contribution is -1.92. The van der Waals surface area contributed by atoms with Gasteiger partial charge in [0.25, 0.3) is 0 Å². The van der Waals surface area contributed by atoms with Crippen LogP contribution in [0, 0.1) is 0 Å². The highest BCUT2D eigenvalue weighted by Gasteiger charge is 2.04. The maximum atomic E-state index is 4.46. The van der Waals surface area contributed by atoms with Crippen molar-refractivity contribution in [3.63, 3.8) is 0 Å². The van der Waals surface area contributed by atoms with Gasteiger partial charge in [-0.2, -0.15) is 5.10 Å². The number of rotatable bonds is 3. The molecule has 0 amide bonds. The van der Waals surface area contributed by atoms with Crippen molar-refractivity contribution >= 4 is 0 Å². The molecule has 0 unspecified atom stereocenters. The molecular formula is C21H16N2. The van der Waals surface area contributed by atoms with Gasteiger partial charge in [0.15, 0.2) is 0 Å². The van der Waals surface area contributed by atoms with Crippen molar-refractivity contribution in [3.8, 4) is 27.9 Å². The molecule has 0 aliphatic rings. The van der Waals surface area contributed by atoms with Gasteiger partial charge in [-0.15, -0.1) is 0 Å². The Bertz CT molecular complexity index is 892. The van der Waals surface area contributed by atoms with Gasteiger partial charge in [0.05, 0.1) is 11.9 Å². The van der Waals surface area contributed by atoms with Gasteiger partial charge in [0.2, 0.25) is 0 Å². The van der Waals surface area contributed by atoms with Crippen molar-refractivity contribution in [1.82, 2.24) is 9.78 Å². The fourth-order valence-corrected chi connectivity index (χ4v) is 2.68. The fourth-order valence-electron chi connectivity index (χ4n) is 2.68. The zero-order valence-corrected chi connectivity index (χ0v) is 12.6. The number of nitrogens with zero attached hydrogens (tertiary/aromatic N) is 2. The largest absolute Gasteiger partial charge is 0.240 e. The molecule has 0 bridgehead atoms. The molecule has 0 N–H and O–H groups in total. The Morgan fingerprint density at radius 1 is 0.522 bits per heavy atom. The van der Waals surface area contributed by atoms with Gasteiger partial charge >= 0.3 is 0 Å². The first-order valence-electron chi connectivity index (χ1n) is 7.66. The van der Waals surface area contributed by atoms with Crippen LogP contribution in [0.15, 0.2) is 97.3 Å². The predicted molar refractivity (Wildman–Crippen MR) is 94.4 cm³/mol. The van der Waals surface area contributed by atoms with E-state index in [1.165, 1.54) is 16.7 Å². The summed E-state index contributed by atoms with van der Waals surface area (Å²) in [6, 6.07) is 29.2. The molecule has 2 nitrogen and oxygen atoms in total. The Morgan fingerprint density at radius 2 is 1.04 bits per heavy atom. The second-order valence-corrected chi connectivity index (χ2v) is 5.45. The Morgan fingerprint density at radius 3 is 1.70 bits per heavy atom. The summed E-state index contributed by atoms with van der Waals surface area (Å²) in [5, 5.41) is 4.46. The van der Waals surface area contributed by atoms with Crippen LogP contribution in [0.2, 0.25) is 0 Å². The molecule has 3 aromatic carbocycles. The predicted octanol–water partition coefficient (Wildman–Crippen LogP) is 5.21. The number of para-hydroxylation sites is 1. The van der Waals surface area contributed by atoms with Crippen LogP contribution >= 0.6 is 0 Å². The topological polar surface area (TPSA) is 17.8 Å². The first kappa shape index (κ1) is 13.5. The Labute approximate surface area is 135 Å². The minimum Gasteiger partial charge on any atom is -0.240 e. The van der Waals surface area contributed by atoms with Crippen molar-refractivity contribution in [1.29, 1.82) is 0 Å². The second kappa shape index (κ2) is 5.93. The number of benzene rings is 3. The summed E-state index contributed by atoms with van der Waals surface area (Å²) < 4.78 is 1.90. The molecule has 0 radical (unpaired) electrons. The maximum absolute atomic E-state index is 4.46. The third kappa shape index (κ3) is 2.79. The summed E-state index contributed by atoms with van der Waals surface area (Å²) in [6.07, 6.45) is 3.97. The van der Waals surface area contributed by atoms with Crippen LogP contribution in [0.25, 0.3) is 27.9 Å². The van der Waals surface area contributed by atoms with Crippen LogP contribution in [0.3, 0.4) is 0 Å². The van der Waals surface area contributed by atoms with Gasteiger partial charge in [0.1, 0.15) is 0 Å². The lowest BCUT2D eigenvalue weighted by atomic mass is 10.0. The van der Waals surface area contributed by atoms with E-state index in [9.17, 15) is 0 Å². The summed E-state index contributed by atoms with van der Waals surface area (Å²) in [6.45, 7) is 0. The maximum Gasteiger partial charge on any atom is 0.0645 e. The van der Waals surface area contributed by atoms with E-state index in [4.69, 9.17) is 0 Å². The molecule has 0 fully saturated rings. The van der Waals surface area contributed by atoms with Crippen molar-refractivity contribution < 1.29 is 0 Å². The third-order valence-corrected chi connectivity index (χ3v) is 3.93. The molecule has 0 atom stereocenters. The second-order valence-electron chi connectivity index (χ2n) is 5.45. The highest BCUT2D eigenvalue weighted by molar-refractivity contribution is 5.69. The lowest BCUT2D eigenvalue weighted by Gasteiger charge is -2.03. The number of hydrogen-bond donors (Lipinski definition) is 0. The molecule has 4 aromatic rings. The Kier molecular flexibility index (Phi) is 3.49. The molecule has 23 heavy (non-hydrogen) atoms. The minimum absolute atomic E-state index is 1.07. The van der Waals surface area contributed by atoms with Crippen molar-refractivity contribution in [2.24, 2.45) is 0 Å². The highest BCUT2D eigenvalue weighted by atomic mass is 15.3. The Balaban J connectivity index is 1.63. The fraction of sp³-hybridized carbons (Fsp3) is 0. The van der Waals surface area contributed by atoms with Crippen LogP contribution in [0.5, 0.6) is 0 Å². The average Bonchev–Trinajstić information content (AvgIpc) is 3.14. The molecule has 0 aliphatic heterocycles. The molecule has 4 rings (SSSR count). The van der Waals surface area contributed by atoms with Gasteiger partial charge in [0, 0.05) is 11.8 Å². The lowest BCUT2D eigenvalue weighted by molar-refractivity contribution is 0.881. The summed E-state index contributed by atoms with van der Waals surface area (Å²) in [5.41, 5.74) is 5.82. The Hall–Kier alpha value is -3.13. The first-order valence-corrected chi connectivity index (χ1v) is 7.66. The standard InChI is InChI=1S/C21H16N2/c1-3-7-17(8-4-1)18-11-13-19(14-12-18)20-15-22-23(16-20)21-9-5-2-6-10-21/h1-16H. The third-order valence-electron chi connectivity index (χ3n) is 3.93. The van der Waals surface area contributed by atoms with Gasteiger partial charge in [-0.25, -0.2) is 4.68 Å². The van der Waals surface area contributed by atoms with E-state index < -0.39 is 0 Å². The van der Waals surface area contributed by atoms with E-state index >= 15 is 0 Å². The number of aromatic nitrogens is 2. The van der Waals surface area contributed by atoms with E-state index in [1.54, 1.807) is 0 Å². The molecule has 0 spiro atoms. The summed E-state index contributed by atoms with van der Waals surface area (Å²) in [7, 11) is 0. The van der Waals surface area contributed by atoms with E-state index in [2.05, 4.69) is 72.0 Å². The normalized spacial score (nSPS) is 10.6. The SMILES string of the molecule is c1ccc(-c2ccc(-c3cnn(-c4ccccc4)c3)cc2)cc1. The van der Waals surface area contributed by atoms with Crippen LogP contribution in [0.1, 0.15) is 0 Å². The van der Waals surface area contributed by atoms with E-state index in [-0.39, 0.29) is 0 Å². The van der Waals surface area contributed by atoms with Gasteiger partial charge < -0.3 is 0 Å². The van der Waals surface area contributed by atoms with Gasteiger partial charge in [-0.1, -0.05) is 72.8 Å². The quantitative estimate of drug-likeness (QED) is 0.507. The molecule has 1 heterocycles. The zero-order valence-electron chi connectivity index (χ0n) is 12.6.